The Hall–Kier alpha value is -0.820. The molecular weight excluding hydrogens is 160 g/mol. The van der Waals surface area contributed by atoms with Crippen molar-refractivity contribution in [1.29, 1.82) is 0 Å². The molecule has 0 aromatic rings. The first-order valence-electron chi connectivity index (χ1n) is 5.03. The van der Waals surface area contributed by atoms with Crippen LogP contribution in [0, 0.1) is 23.7 Å². The van der Waals surface area contributed by atoms with E-state index in [1.807, 2.05) is 6.92 Å². The minimum Gasteiger partial charge on any atom is -0.389 e. The molecule has 1 N–H and O–H groups in total. The van der Waals surface area contributed by atoms with Gasteiger partial charge in [-0.3, -0.25) is 0 Å². The Morgan fingerprint density at radius 1 is 1.15 bits per heavy atom. The van der Waals surface area contributed by atoms with Gasteiger partial charge >= 0.3 is 0 Å². The molecule has 3 rings (SSSR count). The summed E-state index contributed by atoms with van der Waals surface area (Å²) in [7, 11) is 0. The molecule has 0 heterocycles. The zero-order valence-corrected chi connectivity index (χ0v) is 7.72. The van der Waals surface area contributed by atoms with Gasteiger partial charge in [-0.1, -0.05) is 30.4 Å². The summed E-state index contributed by atoms with van der Waals surface area (Å²) < 4.78 is 0. The number of allylic oxidation sites excluding steroid dienone is 5. The molecule has 0 radical (unpaired) electrons. The summed E-state index contributed by atoms with van der Waals surface area (Å²) in [6.45, 7) is 1.87. The second-order valence-corrected chi connectivity index (χ2v) is 4.37. The average molecular weight is 174 g/mol. The highest BCUT2D eigenvalue weighted by Crippen LogP contribution is 2.51. The van der Waals surface area contributed by atoms with E-state index in [9.17, 15) is 5.11 Å². The van der Waals surface area contributed by atoms with Crippen LogP contribution in [0.2, 0.25) is 0 Å². The molecule has 0 aromatic heterocycles. The molecule has 0 bridgehead atoms. The molecule has 0 unspecified atom stereocenters. The number of rotatable bonds is 1. The molecule has 13 heavy (non-hydrogen) atoms. The van der Waals surface area contributed by atoms with Crippen LogP contribution in [-0.4, -0.2) is 11.2 Å². The molecule has 0 fully saturated rings. The van der Waals surface area contributed by atoms with Crippen LogP contribution in [0.5, 0.6) is 0 Å². The van der Waals surface area contributed by atoms with Crippen LogP contribution < -0.4 is 0 Å². The van der Waals surface area contributed by atoms with Crippen LogP contribution in [0.3, 0.4) is 0 Å². The minimum absolute atomic E-state index is 0.271. The monoisotopic (exact) mass is 174 g/mol. The van der Waals surface area contributed by atoms with Gasteiger partial charge in [0.2, 0.25) is 0 Å². The fourth-order valence-corrected chi connectivity index (χ4v) is 3.07. The molecular formula is C12H14O. The number of aliphatic hydroxyl groups excluding tert-OH is 1. The molecule has 0 spiro atoms. The SMILES string of the molecule is C[C@@H](O)C1=C[C@H]2C=C[C@H]3C=C[C@H]1[C@@H]32. The lowest BCUT2D eigenvalue weighted by Crippen LogP contribution is -2.16. The molecule has 3 aliphatic carbocycles. The Labute approximate surface area is 78.5 Å². The summed E-state index contributed by atoms with van der Waals surface area (Å²) in [5, 5.41) is 9.60. The first-order valence-corrected chi connectivity index (χ1v) is 5.03. The van der Waals surface area contributed by atoms with Crippen molar-refractivity contribution >= 4 is 0 Å². The van der Waals surface area contributed by atoms with Crippen LogP contribution in [0.25, 0.3) is 0 Å². The van der Waals surface area contributed by atoms with Crippen LogP contribution in [-0.2, 0) is 0 Å². The fourth-order valence-electron chi connectivity index (χ4n) is 3.07. The Kier molecular flexibility index (Phi) is 1.37. The second kappa shape index (κ2) is 2.36. The molecule has 0 saturated carbocycles. The van der Waals surface area contributed by atoms with Gasteiger partial charge in [0.1, 0.15) is 0 Å². The van der Waals surface area contributed by atoms with Gasteiger partial charge in [0.05, 0.1) is 6.10 Å². The van der Waals surface area contributed by atoms with E-state index in [1.165, 1.54) is 5.57 Å². The van der Waals surface area contributed by atoms with Gasteiger partial charge < -0.3 is 5.11 Å². The van der Waals surface area contributed by atoms with Crippen molar-refractivity contribution in [1.82, 2.24) is 0 Å². The quantitative estimate of drug-likeness (QED) is 0.602. The standard InChI is InChI=1S/C12H14O/c1-7(13)11-6-9-3-2-8-4-5-10(11)12(8)9/h2-10,12-13H,1H3/t7-,8+,9-,10-,12+/m1/s1. The molecule has 5 atom stereocenters. The smallest absolute Gasteiger partial charge is 0.0728 e. The van der Waals surface area contributed by atoms with E-state index in [0.717, 1.165) is 0 Å². The Bertz CT molecular complexity index is 322. The predicted octanol–water partition coefficient (Wildman–Crippen LogP) is 1.91. The van der Waals surface area contributed by atoms with Crippen molar-refractivity contribution in [2.75, 3.05) is 0 Å². The lowest BCUT2D eigenvalue weighted by molar-refractivity contribution is 0.217. The van der Waals surface area contributed by atoms with Crippen LogP contribution in [0.15, 0.2) is 36.0 Å². The van der Waals surface area contributed by atoms with Gasteiger partial charge in [-0.25, -0.2) is 0 Å². The van der Waals surface area contributed by atoms with Crippen molar-refractivity contribution in [3.63, 3.8) is 0 Å². The maximum atomic E-state index is 9.60. The van der Waals surface area contributed by atoms with Gasteiger partial charge in [-0.05, 0) is 30.3 Å². The fraction of sp³-hybridized carbons (Fsp3) is 0.500. The maximum Gasteiger partial charge on any atom is 0.0728 e. The van der Waals surface area contributed by atoms with Gasteiger partial charge in [0, 0.05) is 5.92 Å². The summed E-state index contributed by atoms with van der Waals surface area (Å²) in [5.41, 5.74) is 1.23. The summed E-state index contributed by atoms with van der Waals surface area (Å²) >= 11 is 0. The number of hydrogen-bond acceptors (Lipinski definition) is 1. The van der Waals surface area contributed by atoms with E-state index >= 15 is 0 Å². The Morgan fingerprint density at radius 2 is 1.85 bits per heavy atom. The molecule has 1 nitrogen and oxygen atoms in total. The highest BCUT2D eigenvalue weighted by Gasteiger charge is 2.44. The van der Waals surface area contributed by atoms with Crippen molar-refractivity contribution in [2.24, 2.45) is 23.7 Å². The van der Waals surface area contributed by atoms with Gasteiger partial charge in [-0.2, -0.15) is 0 Å². The van der Waals surface area contributed by atoms with Crippen molar-refractivity contribution in [3.05, 3.63) is 36.0 Å². The molecule has 0 amide bonds. The summed E-state index contributed by atoms with van der Waals surface area (Å²) in [5.74, 6) is 2.46. The molecule has 1 heteroatoms. The largest absolute Gasteiger partial charge is 0.389 e. The first-order chi connectivity index (χ1) is 6.27. The summed E-state index contributed by atoms with van der Waals surface area (Å²) in [4.78, 5) is 0. The third kappa shape index (κ3) is 0.856. The molecule has 3 aliphatic rings. The third-order valence-corrected chi connectivity index (χ3v) is 3.65. The minimum atomic E-state index is -0.271. The van der Waals surface area contributed by atoms with E-state index in [0.29, 0.717) is 23.7 Å². The van der Waals surface area contributed by atoms with Gasteiger partial charge in [-0.15, -0.1) is 0 Å². The first kappa shape index (κ1) is 7.57. The molecule has 0 aromatic carbocycles. The van der Waals surface area contributed by atoms with E-state index in [4.69, 9.17) is 0 Å². The van der Waals surface area contributed by atoms with E-state index < -0.39 is 0 Å². The Balaban J connectivity index is 2.02. The third-order valence-electron chi connectivity index (χ3n) is 3.65. The van der Waals surface area contributed by atoms with E-state index in [-0.39, 0.29) is 6.10 Å². The second-order valence-electron chi connectivity index (χ2n) is 4.37. The zero-order chi connectivity index (χ0) is 9.00. The topological polar surface area (TPSA) is 20.2 Å². The highest BCUT2D eigenvalue weighted by atomic mass is 16.3. The lowest BCUT2D eigenvalue weighted by atomic mass is 9.86. The summed E-state index contributed by atoms with van der Waals surface area (Å²) in [6, 6.07) is 0. The van der Waals surface area contributed by atoms with Gasteiger partial charge in [0.25, 0.3) is 0 Å². The van der Waals surface area contributed by atoms with Crippen LogP contribution in [0.4, 0.5) is 0 Å². The molecule has 0 aliphatic heterocycles. The van der Waals surface area contributed by atoms with Crippen LogP contribution in [0.1, 0.15) is 6.92 Å². The zero-order valence-electron chi connectivity index (χ0n) is 7.72. The average Bonchev–Trinajstić information content (AvgIpc) is 2.72. The molecule has 68 valence electrons. The predicted molar refractivity (Wildman–Crippen MR) is 52.0 cm³/mol. The van der Waals surface area contributed by atoms with Crippen molar-refractivity contribution in [2.45, 2.75) is 13.0 Å². The summed E-state index contributed by atoms with van der Waals surface area (Å²) in [6.07, 6.45) is 11.2. The maximum absolute atomic E-state index is 9.60. The van der Waals surface area contributed by atoms with E-state index in [1.54, 1.807) is 0 Å². The number of hydrogen-bond donors (Lipinski definition) is 1. The van der Waals surface area contributed by atoms with Crippen molar-refractivity contribution < 1.29 is 5.11 Å². The normalized spacial score (nSPS) is 46.8. The Morgan fingerprint density at radius 3 is 2.62 bits per heavy atom. The lowest BCUT2D eigenvalue weighted by Gasteiger charge is -2.18. The van der Waals surface area contributed by atoms with E-state index in [2.05, 4.69) is 30.4 Å². The van der Waals surface area contributed by atoms with Gasteiger partial charge in [0.15, 0.2) is 0 Å². The van der Waals surface area contributed by atoms with Crippen LogP contribution >= 0.6 is 0 Å². The highest BCUT2D eigenvalue weighted by molar-refractivity contribution is 5.38. The number of aliphatic hydroxyl groups is 1. The van der Waals surface area contributed by atoms with Crippen molar-refractivity contribution in [3.8, 4) is 0 Å². The molecule has 0 saturated heterocycles.